The minimum Gasteiger partial charge on any atom is -0.429 e. The van der Waals surface area contributed by atoms with Crippen LogP contribution in [0.1, 0.15) is 0 Å². The third-order valence-corrected chi connectivity index (χ3v) is 1.78. The third-order valence-electron chi connectivity index (χ3n) is 1.22. The summed E-state index contributed by atoms with van der Waals surface area (Å²) in [6.07, 6.45) is 0. The number of rotatable bonds is 2. The van der Waals surface area contributed by atoms with Crippen molar-refractivity contribution in [3.63, 3.8) is 0 Å². The number of aromatic nitrogens is 2. The second-order valence-electron chi connectivity index (χ2n) is 2.03. The maximum Gasteiger partial charge on any atom is 0.299 e. The zero-order valence-electron chi connectivity index (χ0n) is 6.10. The molecule has 2 aromatic rings. The van der Waals surface area contributed by atoms with E-state index in [1.165, 1.54) is 11.3 Å². The first kappa shape index (κ1) is 7.24. The molecule has 0 unspecified atom stereocenters. The molecule has 0 bridgehead atoms. The molecule has 0 amide bonds. The summed E-state index contributed by atoms with van der Waals surface area (Å²) >= 11 is 1.35. The second kappa shape index (κ2) is 3.32. The van der Waals surface area contributed by atoms with Gasteiger partial charge in [0.1, 0.15) is 11.3 Å². The largest absolute Gasteiger partial charge is 0.429 e. The van der Waals surface area contributed by atoms with Crippen LogP contribution in [0, 0.1) is 6.07 Å². The van der Waals surface area contributed by atoms with E-state index in [2.05, 4.69) is 16.3 Å². The standard InChI is InChI=1S/C8H5N2OS/c1-2-4-7(5-3-1)11-8-10-9-6-12-8/h1-4,6H. The van der Waals surface area contributed by atoms with Gasteiger partial charge in [0.2, 0.25) is 0 Å². The third kappa shape index (κ3) is 1.60. The first-order chi connectivity index (χ1) is 5.95. The van der Waals surface area contributed by atoms with Crippen LogP contribution in [0.5, 0.6) is 10.9 Å². The molecular weight excluding hydrogens is 172 g/mol. The Bertz CT molecular complexity index is 333. The van der Waals surface area contributed by atoms with Gasteiger partial charge in [-0.2, -0.15) is 0 Å². The van der Waals surface area contributed by atoms with Gasteiger partial charge in [-0.05, 0) is 6.07 Å². The molecule has 2 rings (SSSR count). The van der Waals surface area contributed by atoms with Crippen molar-refractivity contribution in [2.75, 3.05) is 0 Å². The Morgan fingerprint density at radius 1 is 1.42 bits per heavy atom. The number of para-hydroxylation sites is 1. The Morgan fingerprint density at radius 3 is 3.08 bits per heavy atom. The number of nitrogens with zero attached hydrogens (tertiary/aromatic N) is 2. The monoisotopic (exact) mass is 177 g/mol. The molecule has 3 nitrogen and oxygen atoms in total. The summed E-state index contributed by atoms with van der Waals surface area (Å²) in [7, 11) is 0. The molecule has 1 aromatic carbocycles. The molecule has 59 valence electrons. The molecule has 1 radical (unpaired) electrons. The van der Waals surface area contributed by atoms with Crippen LogP contribution in [-0.4, -0.2) is 10.2 Å². The molecule has 0 atom stereocenters. The summed E-state index contributed by atoms with van der Waals surface area (Å²) in [6, 6.07) is 10.3. The highest BCUT2D eigenvalue weighted by Gasteiger charge is 1.97. The van der Waals surface area contributed by atoms with Gasteiger partial charge in [-0.3, -0.25) is 0 Å². The zero-order valence-corrected chi connectivity index (χ0v) is 6.91. The van der Waals surface area contributed by atoms with E-state index < -0.39 is 0 Å². The van der Waals surface area contributed by atoms with Gasteiger partial charge in [-0.15, -0.1) is 5.10 Å². The molecule has 0 aliphatic carbocycles. The molecule has 1 heterocycles. The molecular formula is C8H5N2OS. The predicted octanol–water partition coefficient (Wildman–Crippen LogP) is 2.13. The van der Waals surface area contributed by atoms with Crippen molar-refractivity contribution in [2.45, 2.75) is 0 Å². The normalized spacial score (nSPS) is 9.67. The van der Waals surface area contributed by atoms with Crippen LogP contribution >= 0.6 is 11.3 Å². The van der Waals surface area contributed by atoms with Crippen molar-refractivity contribution < 1.29 is 4.74 Å². The molecule has 0 fully saturated rings. The minimum atomic E-state index is 0.539. The van der Waals surface area contributed by atoms with Gasteiger partial charge in [0.25, 0.3) is 5.19 Å². The van der Waals surface area contributed by atoms with Crippen molar-refractivity contribution >= 4 is 11.3 Å². The zero-order chi connectivity index (χ0) is 8.23. The van der Waals surface area contributed by atoms with Gasteiger partial charge in [0.15, 0.2) is 0 Å². The molecule has 0 aliphatic rings. The first-order valence-electron chi connectivity index (χ1n) is 3.36. The quantitative estimate of drug-likeness (QED) is 0.704. The number of hydrogen-bond donors (Lipinski definition) is 0. The van der Waals surface area contributed by atoms with Crippen LogP contribution in [0.15, 0.2) is 29.8 Å². The molecule has 4 heteroatoms. The predicted molar refractivity (Wildman–Crippen MR) is 45.3 cm³/mol. The molecule has 12 heavy (non-hydrogen) atoms. The Labute approximate surface area is 73.7 Å². The lowest BCUT2D eigenvalue weighted by Gasteiger charge is -1.97. The molecule has 0 saturated carbocycles. The fraction of sp³-hybridized carbons (Fsp3) is 0. The van der Waals surface area contributed by atoms with E-state index in [0.29, 0.717) is 10.9 Å². The number of hydrogen-bond acceptors (Lipinski definition) is 4. The molecule has 0 spiro atoms. The van der Waals surface area contributed by atoms with Crippen LogP contribution in [0.4, 0.5) is 0 Å². The Kier molecular flexibility index (Phi) is 2.00. The second-order valence-corrected chi connectivity index (χ2v) is 2.83. The highest BCUT2D eigenvalue weighted by atomic mass is 32.1. The van der Waals surface area contributed by atoms with E-state index in [-0.39, 0.29) is 0 Å². The maximum absolute atomic E-state index is 5.31. The van der Waals surface area contributed by atoms with E-state index >= 15 is 0 Å². The van der Waals surface area contributed by atoms with Crippen LogP contribution < -0.4 is 4.74 Å². The number of benzene rings is 1. The fourth-order valence-corrected chi connectivity index (χ4v) is 1.16. The van der Waals surface area contributed by atoms with Crippen LogP contribution in [0.25, 0.3) is 0 Å². The van der Waals surface area contributed by atoms with E-state index in [0.717, 1.165) is 0 Å². The van der Waals surface area contributed by atoms with Gasteiger partial charge < -0.3 is 4.74 Å². The summed E-state index contributed by atoms with van der Waals surface area (Å²) in [5.74, 6) is 0.661. The van der Waals surface area contributed by atoms with E-state index in [1.54, 1.807) is 11.6 Å². The van der Waals surface area contributed by atoms with Crippen molar-refractivity contribution in [1.82, 2.24) is 10.2 Å². The Morgan fingerprint density at radius 2 is 2.42 bits per heavy atom. The van der Waals surface area contributed by atoms with E-state index in [1.807, 2.05) is 18.2 Å². The smallest absolute Gasteiger partial charge is 0.299 e. The van der Waals surface area contributed by atoms with Crippen molar-refractivity contribution in [1.29, 1.82) is 0 Å². The van der Waals surface area contributed by atoms with E-state index in [4.69, 9.17) is 4.74 Å². The molecule has 0 N–H and O–H groups in total. The van der Waals surface area contributed by atoms with Gasteiger partial charge in [0.05, 0.1) is 0 Å². The van der Waals surface area contributed by atoms with Crippen molar-refractivity contribution in [3.05, 3.63) is 35.8 Å². The Hall–Kier alpha value is -1.42. The molecule has 0 saturated heterocycles. The van der Waals surface area contributed by atoms with Crippen molar-refractivity contribution in [2.24, 2.45) is 0 Å². The fourth-order valence-electron chi connectivity index (χ4n) is 0.742. The SMILES string of the molecule is [c]1ccccc1Oc1nncs1. The highest BCUT2D eigenvalue weighted by molar-refractivity contribution is 7.11. The van der Waals surface area contributed by atoms with Crippen molar-refractivity contribution in [3.8, 4) is 10.9 Å². The topological polar surface area (TPSA) is 35.0 Å². The van der Waals surface area contributed by atoms with Gasteiger partial charge in [-0.1, -0.05) is 34.6 Å². The minimum absolute atomic E-state index is 0.539. The summed E-state index contributed by atoms with van der Waals surface area (Å²) in [6.45, 7) is 0. The van der Waals surface area contributed by atoms with Gasteiger partial charge in [-0.25, -0.2) is 0 Å². The van der Waals surface area contributed by atoms with Crippen LogP contribution in [0.3, 0.4) is 0 Å². The first-order valence-corrected chi connectivity index (χ1v) is 4.24. The summed E-state index contributed by atoms with van der Waals surface area (Å²) < 4.78 is 5.31. The molecule has 0 aliphatic heterocycles. The summed E-state index contributed by atoms with van der Waals surface area (Å²) in [5.41, 5.74) is 1.62. The summed E-state index contributed by atoms with van der Waals surface area (Å²) in [5, 5.41) is 7.93. The van der Waals surface area contributed by atoms with Crippen LogP contribution in [0.2, 0.25) is 0 Å². The van der Waals surface area contributed by atoms with Gasteiger partial charge >= 0.3 is 0 Å². The maximum atomic E-state index is 5.31. The Balaban J connectivity index is 2.15. The van der Waals surface area contributed by atoms with Gasteiger partial charge in [0, 0.05) is 6.07 Å². The average molecular weight is 177 g/mol. The van der Waals surface area contributed by atoms with E-state index in [9.17, 15) is 0 Å². The average Bonchev–Trinajstić information content (AvgIpc) is 2.59. The van der Waals surface area contributed by atoms with Crippen LogP contribution in [-0.2, 0) is 0 Å². The lowest BCUT2D eigenvalue weighted by molar-refractivity contribution is 0.472. The summed E-state index contributed by atoms with van der Waals surface area (Å²) in [4.78, 5) is 0. The number of ether oxygens (including phenoxy) is 1. The lowest BCUT2D eigenvalue weighted by Crippen LogP contribution is -1.81. The molecule has 1 aromatic heterocycles. The highest BCUT2D eigenvalue weighted by Crippen LogP contribution is 2.20. The lowest BCUT2D eigenvalue weighted by atomic mass is 10.3.